The van der Waals surface area contributed by atoms with Crippen LogP contribution in [0.2, 0.25) is 0 Å². The van der Waals surface area contributed by atoms with E-state index in [4.69, 9.17) is 4.52 Å². The summed E-state index contributed by atoms with van der Waals surface area (Å²) in [5.41, 5.74) is 4.81. The first-order chi connectivity index (χ1) is 15.7. The second-order valence-corrected chi connectivity index (χ2v) is 7.76. The molecule has 0 saturated heterocycles. The molecule has 5 nitrogen and oxygen atoms in total. The molecule has 0 fully saturated rings. The monoisotopic (exact) mass is 421 g/mol. The molecule has 0 N–H and O–H groups in total. The van der Waals surface area contributed by atoms with Gasteiger partial charge in [-0.05, 0) is 42.2 Å². The van der Waals surface area contributed by atoms with Crippen LogP contribution >= 0.6 is 0 Å². The Kier molecular flexibility index (Phi) is 5.15. The number of hydrogen-bond acceptors (Lipinski definition) is 4. The van der Waals surface area contributed by atoms with Crippen LogP contribution in [0, 0.1) is 0 Å². The molecular weight excluding hydrogens is 398 g/mol. The van der Waals surface area contributed by atoms with Crippen LogP contribution in [0.1, 0.15) is 25.0 Å². The van der Waals surface area contributed by atoms with Gasteiger partial charge in [0.2, 0.25) is 5.82 Å². The molecule has 3 aromatic carbocycles. The van der Waals surface area contributed by atoms with E-state index in [1.54, 1.807) is 10.8 Å². The van der Waals surface area contributed by atoms with Crippen LogP contribution in [0.3, 0.4) is 0 Å². The van der Waals surface area contributed by atoms with E-state index in [-0.39, 0.29) is 5.56 Å². The van der Waals surface area contributed by atoms with Gasteiger partial charge in [-0.1, -0.05) is 73.6 Å². The highest BCUT2D eigenvalue weighted by molar-refractivity contribution is 5.94. The molecule has 0 aliphatic heterocycles. The van der Waals surface area contributed by atoms with Crippen molar-refractivity contribution in [2.24, 2.45) is 0 Å². The molecule has 5 aromatic rings. The van der Waals surface area contributed by atoms with Gasteiger partial charge in [-0.25, -0.2) is 0 Å². The molecule has 5 rings (SSSR count). The minimum Gasteiger partial charge on any atom is -0.334 e. The van der Waals surface area contributed by atoms with E-state index < -0.39 is 0 Å². The Balaban J connectivity index is 1.66. The normalized spacial score (nSPS) is 11.2. The largest absolute Gasteiger partial charge is 0.334 e. The van der Waals surface area contributed by atoms with Crippen LogP contribution in [0.5, 0.6) is 0 Å². The average Bonchev–Trinajstić information content (AvgIpc) is 3.35. The third-order valence-electron chi connectivity index (χ3n) is 5.82. The van der Waals surface area contributed by atoms with Crippen molar-refractivity contribution in [3.05, 3.63) is 100 Å². The van der Waals surface area contributed by atoms with Gasteiger partial charge in [0, 0.05) is 28.2 Å². The molecule has 0 spiro atoms. The number of benzene rings is 3. The average molecular weight is 422 g/mol. The van der Waals surface area contributed by atoms with Crippen molar-refractivity contribution in [3.8, 4) is 28.5 Å². The lowest BCUT2D eigenvalue weighted by atomic mass is 10.1. The topological polar surface area (TPSA) is 60.9 Å². The molecule has 0 radical (unpaired) electrons. The van der Waals surface area contributed by atoms with E-state index in [0.717, 1.165) is 35.0 Å². The summed E-state index contributed by atoms with van der Waals surface area (Å²) in [7, 11) is 0. The molecule has 0 unspecified atom stereocenters. The van der Waals surface area contributed by atoms with Crippen molar-refractivity contribution in [3.63, 3.8) is 0 Å². The van der Waals surface area contributed by atoms with E-state index >= 15 is 0 Å². The molecule has 0 bridgehead atoms. The van der Waals surface area contributed by atoms with Crippen molar-refractivity contribution >= 4 is 10.8 Å². The Bertz CT molecular complexity index is 1450. The number of pyridine rings is 1. The second-order valence-electron chi connectivity index (χ2n) is 7.76. The van der Waals surface area contributed by atoms with Gasteiger partial charge in [0.05, 0.1) is 5.56 Å². The number of rotatable bonds is 5. The van der Waals surface area contributed by atoms with Crippen LogP contribution in [-0.4, -0.2) is 14.7 Å². The quantitative estimate of drug-likeness (QED) is 0.358. The standard InChI is InChI=1S/C27H23N3O2/c1-3-18-9-13-20(14-10-18)25-28-26(32-29-25)24-17-30(21-15-11-19(4-2)12-16-21)27(31)23-8-6-5-7-22(23)24/h5-17H,3-4H2,1-2H3. The van der Waals surface area contributed by atoms with E-state index in [2.05, 4.69) is 36.1 Å². The van der Waals surface area contributed by atoms with Crippen molar-refractivity contribution in [1.82, 2.24) is 14.7 Å². The first-order valence-electron chi connectivity index (χ1n) is 10.8. The van der Waals surface area contributed by atoms with Gasteiger partial charge in [0.15, 0.2) is 0 Å². The predicted octanol–water partition coefficient (Wildman–Crippen LogP) is 5.83. The van der Waals surface area contributed by atoms with Crippen LogP contribution < -0.4 is 5.56 Å². The minimum atomic E-state index is -0.0801. The Hall–Kier alpha value is -3.99. The summed E-state index contributed by atoms with van der Waals surface area (Å²) in [6.45, 7) is 4.23. The number of nitrogens with zero attached hydrogens (tertiary/aromatic N) is 3. The molecule has 0 amide bonds. The molecule has 158 valence electrons. The van der Waals surface area contributed by atoms with Crippen molar-refractivity contribution in [2.75, 3.05) is 0 Å². The van der Waals surface area contributed by atoms with E-state index in [9.17, 15) is 4.79 Å². The van der Waals surface area contributed by atoms with E-state index in [1.165, 1.54) is 11.1 Å². The fraction of sp³-hybridized carbons (Fsp3) is 0.148. The molecule has 0 aliphatic carbocycles. The maximum atomic E-state index is 13.3. The SMILES string of the molecule is CCc1ccc(-c2noc(-c3cn(-c4ccc(CC)cc4)c(=O)c4ccccc34)n2)cc1. The first kappa shape index (κ1) is 19.9. The molecule has 5 heteroatoms. The smallest absolute Gasteiger partial charge is 0.262 e. The highest BCUT2D eigenvalue weighted by Gasteiger charge is 2.17. The van der Waals surface area contributed by atoms with Crippen molar-refractivity contribution in [1.29, 1.82) is 0 Å². The Morgan fingerprint density at radius 1 is 0.812 bits per heavy atom. The lowest BCUT2D eigenvalue weighted by molar-refractivity contribution is 0.432. The van der Waals surface area contributed by atoms with E-state index in [0.29, 0.717) is 17.1 Å². The molecule has 0 atom stereocenters. The fourth-order valence-electron chi connectivity index (χ4n) is 3.89. The van der Waals surface area contributed by atoms with Crippen LogP contribution in [0.4, 0.5) is 0 Å². The summed E-state index contributed by atoms with van der Waals surface area (Å²) >= 11 is 0. The van der Waals surface area contributed by atoms with Crippen LogP contribution in [0.25, 0.3) is 39.3 Å². The summed E-state index contributed by atoms with van der Waals surface area (Å²) < 4.78 is 7.31. The highest BCUT2D eigenvalue weighted by Crippen LogP contribution is 2.28. The van der Waals surface area contributed by atoms with Crippen LogP contribution in [0.15, 0.2) is 88.3 Å². The zero-order valence-electron chi connectivity index (χ0n) is 18.1. The summed E-state index contributed by atoms with van der Waals surface area (Å²) in [6.07, 6.45) is 3.72. The van der Waals surface area contributed by atoms with Crippen molar-refractivity contribution < 1.29 is 4.52 Å². The molecule has 2 heterocycles. The Labute approximate surface area is 186 Å². The lowest BCUT2D eigenvalue weighted by Crippen LogP contribution is -2.18. The lowest BCUT2D eigenvalue weighted by Gasteiger charge is -2.11. The zero-order chi connectivity index (χ0) is 22.1. The number of aromatic nitrogens is 3. The highest BCUT2D eigenvalue weighted by atomic mass is 16.5. The van der Waals surface area contributed by atoms with E-state index in [1.807, 2.05) is 60.7 Å². The molecule has 0 saturated carbocycles. The maximum absolute atomic E-state index is 13.3. The van der Waals surface area contributed by atoms with Crippen LogP contribution in [-0.2, 0) is 12.8 Å². The summed E-state index contributed by atoms with van der Waals surface area (Å²) in [4.78, 5) is 17.9. The Morgan fingerprint density at radius 3 is 2.09 bits per heavy atom. The first-order valence-corrected chi connectivity index (χ1v) is 10.8. The van der Waals surface area contributed by atoms with Gasteiger partial charge in [-0.15, -0.1) is 0 Å². The summed E-state index contributed by atoms with van der Waals surface area (Å²) in [5, 5.41) is 5.59. The molecular formula is C27H23N3O2. The Morgan fingerprint density at radius 2 is 1.44 bits per heavy atom. The van der Waals surface area contributed by atoms with Gasteiger partial charge in [-0.3, -0.25) is 9.36 Å². The number of aryl methyl sites for hydroxylation is 2. The second kappa shape index (κ2) is 8.27. The van der Waals surface area contributed by atoms with Gasteiger partial charge in [0.25, 0.3) is 11.4 Å². The fourth-order valence-corrected chi connectivity index (χ4v) is 3.89. The number of fused-ring (bicyclic) bond motifs is 1. The summed E-state index contributed by atoms with van der Waals surface area (Å²) in [6, 6.07) is 23.7. The van der Waals surface area contributed by atoms with Gasteiger partial charge in [-0.2, -0.15) is 4.98 Å². The molecule has 0 aliphatic rings. The number of hydrogen-bond donors (Lipinski definition) is 0. The maximum Gasteiger partial charge on any atom is 0.262 e. The summed E-state index contributed by atoms with van der Waals surface area (Å²) in [5.74, 6) is 0.909. The third kappa shape index (κ3) is 3.52. The zero-order valence-corrected chi connectivity index (χ0v) is 18.1. The van der Waals surface area contributed by atoms with Gasteiger partial charge < -0.3 is 4.52 Å². The van der Waals surface area contributed by atoms with Crippen molar-refractivity contribution in [2.45, 2.75) is 26.7 Å². The molecule has 2 aromatic heterocycles. The molecule has 32 heavy (non-hydrogen) atoms. The minimum absolute atomic E-state index is 0.0801. The third-order valence-corrected chi connectivity index (χ3v) is 5.82. The predicted molar refractivity (Wildman–Crippen MR) is 127 cm³/mol. The van der Waals surface area contributed by atoms with Gasteiger partial charge >= 0.3 is 0 Å². The van der Waals surface area contributed by atoms with Gasteiger partial charge in [0.1, 0.15) is 0 Å².